The number of rotatable bonds is 15. The van der Waals surface area contributed by atoms with Gasteiger partial charge in [-0.15, -0.1) is 0 Å². The third kappa shape index (κ3) is 9.74. The van der Waals surface area contributed by atoms with Crippen molar-refractivity contribution in [2.75, 3.05) is 23.0 Å². The minimum Gasteiger partial charge on any atom is -0.481 e. The predicted molar refractivity (Wildman–Crippen MR) is 254 cm³/mol. The van der Waals surface area contributed by atoms with Gasteiger partial charge in [0.2, 0.25) is 5.36 Å². The van der Waals surface area contributed by atoms with Crippen LogP contribution in [0.25, 0.3) is 16.7 Å². The highest BCUT2D eigenvalue weighted by molar-refractivity contribution is 7.87. The summed E-state index contributed by atoms with van der Waals surface area (Å²) in [6.07, 6.45) is 7.97. The van der Waals surface area contributed by atoms with Crippen LogP contribution >= 0.6 is 0 Å². The van der Waals surface area contributed by atoms with E-state index in [9.17, 15) is 61.8 Å². The van der Waals surface area contributed by atoms with Crippen LogP contribution in [-0.4, -0.2) is 96.7 Å². The summed E-state index contributed by atoms with van der Waals surface area (Å²) in [5.74, 6) is -1.76. The normalized spacial score (nSPS) is 17.4. The monoisotopic (exact) mass is 1020 g/mol. The molecule has 366 valence electrons. The SMILES string of the molecule is CCN1c2cc3c(cc2C(CS(=O)(=O)O)=CC1(C)C)C(c1n(CCCCC(=O)O)cc[n+]1C)=c1cc2c(cc1C3(C)C)=[N+](Cc1ccc(S(=O)(=O)O)cc1S(=O)(=O)O)C(C)(C)C=C2CS(=O)(=O)O. The lowest BCUT2D eigenvalue weighted by molar-refractivity contribution is -0.673. The lowest BCUT2D eigenvalue weighted by atomic mass is 9.68. The van der Waals surface area contributed by atoms with Crippen molar-refractivity contribution in [3.8, 4) is 0 Å². The number of imidazole rings is 1. The van der Waals surface area contributed by atoms with Gasteiger partial charge in [-0.2, -0.15) is 33.7 Å². The topological polar surface area (TPSA) is 270 Å². The van der Waals surface area contributed by atoms with Crippen LogP contribution in [0.1, 0.15) is 107 Å². The van der Waals surface area contributed by atoms with E-state index in [0.717, 1.165) is 23.3 Å². The van der Waals surface area contributed by atoms with Gasteiger partial charge < -0.3 is 10.0 Å². The molecule has 0 bridgehead atoms. The summed E-state index contributed by atoms with van der Waals surface area (Å²) in [4.78, 5) is 12.1. The van der Waals surface area contributed by atoms with Gasteiger partial charge in [0.05, 0.1) is 35.2 Å². The molecule has 3 heterocycles. The zero-order chi connectivity index (χ0) is 50.5. The first-order valence-corrected chi connectivity index (χ1v) is 27.7. The number of fused-ring (bicyclic) bond motifs is 4. The second-order valence-corrected chi connectivity index (χ2v) is 25.0. The number of aryl methyl sites for hydroxylation is 2. The van der Waals surface area contributed by atoms with E-state index in [0.29, 0.717) is 81.9 Å². The minimum absolute atomic E-state index is 0.0449. The summed E-state index contributed by atoms with van der Waals surface area (Å²) in [5.41, 5.74) is 2.21. The molecule has 0 fully saturated rings. The Balaban J connectivity index is 1.66. The zero-order valence-corrected chi connectivity index (χ0v) is 42.1. The number of anilines is 1. The van der Waals surface area contributed by atoms with Crippen LogP contribution in [0.2, 0.25) is 0 Å². The molecule has 7 rings (SSSR count). The molecular formula is C46H56N4O14S4+2. The molecule has 0 atom stereocenters. The molecule has 5 N–H and O–H groups in total. The van der Waals surface area contributed by atoms with Crippen LogP contribution in [0.4, 0.5) is 5.69 Å². The van der Waals surface area contributed by atoms with Crippen LogP contribution < -0.4 is 24.6 Å². The van der Waals surface area contributed by atoms with Crippen LogP contribution in [0.5, 0.6) is 0 Å². The molecule has 0 radical (unpaired) electrons. The van der Waals surface area contributed by atoms with E-state index in [1.165, 1.54) is 0 Å². The fourth-order valence-corrected chi connectivity index (χ4v) is 12.8. The number of aromatic nitrogens is 2. The summed E-state index contributed by atoms with van der Waals surface area (Å²) in [6, 6.07) is 10.4. The number of carboxylic acid groups (broad SMARTS) is 1. The fourth-order valence-electron chi connectivity index (χ4n) is 10.2. The summed E-state index contributed by atoms with van der Waals surface area (Å²) in [6.45, 7) is 14.0. The molecule has 3 aromatic carbocycles. The summed E-state index contributed by atoms with van der Waals surface area (Å²) in [5, 5.41) is 10.4. The van der Waals surface area contributed by atoms with Gasteiger partial charge >= 0.3 is 5.97 Å². The number of aliphatic carboxylic acids is 1. The van der Waals surface area contributed by atoms with E-state index in [2.05, 4.69) is 4.90 Å². The van der Waals surface area contributed by atoms with E-state index in [1.807, 2.05) is 87.5 Å². The average molecular weight is 1020 g/mol. The van der Waals surface area contributed by atoms with Gasteiger partial charge in [0, 0.05) is 55.1 Å². The number of benzene rings is 3. The molecule has 0 saturated heterocycles. The molecular weight excluding hydrogens is 961 g/mol. The van der Waals surface area contributed by atoms with Crippen LogP contribution in [0.3, 0.4) is 0 Å². The Bertz CT molecular complexity index is 3500. The first kappa shape index (κ1) is 50.8. The molecule has 0 unspecified atom stereocenters. The van der Waals surface area contributed by atoms with Crippen LogP contribution in [-0.2, 0) is 70.8 Å². The Labute approximate surface area is 396 Å². The first-order chi connectivity index (χ1) is 31.1. The third-order valence-corrected chi connectivity index (χ3v) is 16.3. The molecule has 4 aromatic rings. The first-order valence-electron chi connectivity index (χ1n) is 21.6. The summed E-state index contributed by atoms with van der Waals surface area (Å²) in [7, 11) is -17.4. The summed E-state index contributed by atoms with van der Waals surface area (Å²) < 4.78 is 147. The lowest BCUT2D eigenvalue weighted by Gasteiger charge is -2.45. The maximum absolute atomic E-state index is 12.8. The van der Waals surface area contributed by atoms with Crippen molar-refractivity contribution in [3.63, 3.8) is 0 Å². The molecule has 18 nitrogen and oxygen atoms in total. The maximum atomic E-state index is 12.8. The van der Waals surface area contributed by atoms with E-state index >= 15 is 0 Å². The van der Waals surface area contributed by atoms with Gasteiger partial charge in [-0.1, -0.05) is 19.9 Å². The van der Waals surface area contributed by atoms with Crippen molar-refractivity contribution in [1.29, 1.82) is 0 Å². The number of unbranched alkanes of at least 4 members (excludes halogenated alkanes) is 1. The largest absolute Gasteiger partial charge is 0.481 e. The third-order valence-electron chi connectivity index (χ3n) is 13.2. The van der Waals surface area contributed by atoms with E-state index in [4.69, 9.17) is 0 Å². The highest BCUT2D eigenvalue weighted by Crippen LogP contribution is 2.47. The number of carboxylic acids is 1. The highest BCUT2D eigenvalue weighted by Gasteiger charge is 2.44. The Morgan fingerprint density at radius 3 is 1.94 bits per heavy atom. The van der Waals surface area contributed by atoms with E-state index < -0.39 is 84.2 Å². The molecule has 0 saturated carbocycles. The van der Waals surface area contributed by atoms with Crippen LogP contribution in [0.15, 0.2) is 76.8 Å². The van der Waals surface area contributed by atoms with Crippen molar-refractivity contribution in [3.05, 3.63) is 117 Å². The molecule has 68 heavy (non-hydrogen) atoms. The summed E-state index contributed by atoms with van der Waals surface area (Å²) >= 11 is 0. The Kier molecular flexibility index (Phi) is 12.8. The standard InChI is InChI=1S/C46H54N4O14S4/c1-9-49-38-21-36-34(19-32(38)29(23-44(49,2)3)26-65(53,54)55)42(43-47(8)16-17-48(43)15-11-10-12-41(51)52)35-20-33-30(27-66(56,57)58)24-45(4,5)50(39(33)22-37(35)46(36,6)7)25-28-13-14-31(67(59,60)61)18-40(28)68(62,63)64/h13-14,16-24H,9-12,15,25-27H2,1-8H3,(H3-2,51,52,53,54,55,56,57,58,59,60,61,62,63,64)/p+2. The second-order valence-electron chi connectivity index (χ2n) is 19.3. The Hall–Kier alpha value is -5.07. The van der Waals surface area contributed by atoms with Gasteiger partial charge in [-0.05, 0) is 109 Å². The second kappa shape index (κ2) is 17.1. The number of likely N-dealkylation sites (N-methyl/N-ethyl adjacent to an activating group) is 1. The highest BCUT2D eigenvalue weighted by atomic mass is 32.2. The molecule has 1 aliphatic carbocycles. The van der Waals surface area contributed by atoms with E-state index in [-0.39, 0.29) is 24.1 Å². The van der Waals surface area contributed by atoms with Gasteiger partial charge in [-0.3, -0.25) is 23.0 Å². The minimum atomic E-state index is -5.10. The Morgan fingerprint density at radius 2 is 1.37 bits per heavy atom. The van der Waals surface area contributed by atoms with Gasteiger partial charge in [0.1, 0.15) is 28.8 Å². The fraction of sp³-hybridized carbons (Fsp3) is 0.413. The molecule has 0 amide bonds. The smallest absolute Gasteiger partial charge is 0.303 e. The molecule has 2 aliphatic heterocycles. The van der Waals surface area contributed by atoms with Crippen molar-refractivity contribution in [2.24, 2.45) is 7.05 Å². The molecule has 1 aromatic heterocycles. The number of hydrogen-bond acceptors (Lipinski definition) is 10. The van der Waals surface area contributed by atoms with E-state index in [1.54, 1.807) is 30.6 Å². The van der Waals surface area contributed by atoms with Crippen molar-refractivity contribution < 1.29 is 66.4 Å². The zero-order valence-electron chi connectivity index (χ0n) is 38.8. The number of nitrogens with zero attached hydrogens (tertiary/aromatic N) is 4. The van der Waals surface area contributed by atoms with Gasteiger partial charge in [0.25, 0.3) is 46.3 Å². The quantitative estimate of drug-likeness (QED) is 0.0647. The van der Waals surface area contributed by atoms with Crippen molar-refractivity contribution >= 4 is 68.8 Å². The van der Waals surface area contributed by atoms with Crippen molar-refractivity contribution in [1.82, 2.24) is 9.14 Å². The predicted octanol–water partition coefficient (Wildman–Crippen LogP) is 3.59. The number of hydrogen-bond donors (Lipinski definition) is 5. The maximum Gasteiger partial charge on any atom is 0.303 e. The average Bonchev–Trinajstić information content (AvgIpc) is 3.54. The number of carbonyl (C=O) groups is 1. The Morgan fingerprint density at radius 1 is 0.735 bits per heavy atom. The van der Waals surface area contributed by atoms with Gasteiger partial charge in [-0.25, -0.2) is 13.7 Å². The molecule has 0 spiro atoms. The van der Waals surface area contributed by atoms with Gasteiger partial charge in [0.15, 0.2) is 12.1 Å². The molecule has 22 heteroatoms. The molecule has 3 aliphatic rings. The lowest BCUT2D eigenvalue weighted by Crippen LogP contribution is -2.51. The van der Waals surface area contributed by atoms with Crippen LogP contribution in [0, 0.1) is 0 Å². The van der Waals surface area contributed by atoms with Crippen molar-refractivity contribution in [2.45, 2.75) is 107 Å².